The van der Waals surface area contributed by atoms with Crippen LogP contribution in [0.1, 0.15) is 28.4 Å². The number of hydrogen-bond acceptors (Lipinski definition) is 3. The molecular weight excluding hydrogens is 466 g/mol. The van der Waals surface area contributed by atoms with Crippen molar-refractivity contribution in [3.63, 3.8) is 0 Å². The molecule has 6 heteroatoms. The second kappa shape index (κ2) is 11.6. The fourth-order valence-corrected chi connectivity index (χ4v) is 3.15. The minimum atomic E-state index is -0.527. The third kappa shape index (κ3) is 6.89. The van der Waals surface area contributed by atoms with Gasteiger partial charge in [-0.25, -0.2) is 5.43 Å². The zero-order chi connectivity index (χ0) is 22.8. The molecule has 3 aromatic rings. The number of allylic oxidation sites excluding steroid dienone is 2. The molecule has 0 aliphatic carbocycles. The minimum Gasteiger partial charge on any atom is -0.317 e. The van der Waals surface area contributed by atoms with E-state index in [1.54, 1.807) is 43.3 Å². The number of carbonyl (C=O) groups excluding carboxylic acids is 2. The molecule has 0 saturated heterocycles. The van der Waals surface area contributed by atoms with E-state index < -0.39 is 5.91 Å². The number of nitrogens with one attached hydrogen (secondary N) is 2. The van der Waals surface area contributed by atoms with Crippen LogP contribution >= 0.6 is 15.9 Å². The molecule has 0 spiro atoms. The smallest absolute Gasteiger partial charge is 0.287 e. The third-order valence-electron chi connectivity index (χ3n) is 4.45. The fourth-order valence-electron chi connectivity index (χ4n) is 2.75. The maximum Gasteiger partial charge on any atom is 0.287 e. The summed E-state index contributed by atoms with van der Waals surface area (Å²) >= 11 is 3.42. The Bertz CT molecular complexity index is 1170. The van der Waals surface area contributed by atoms with Crippen LogP contribution in [0.15, 0.2) is 112 Å². The van der Waals surface area contributed by atoms with Gasteiger partial charge in [0.25, 0.3) is 11.8 Å². The summed E-state index contributed by atoms with van der Waals surface area (Å²) in [5, 5.41) is 6.86. The molecular formula is C26H22BrN3O2. The topological polar surface area (TPSA) is 70.6 Å². The van der Waals surface area contributed by atoms with Crippen molar-refractivity contribution in [2.24, 2.45) is 5.10 Å². The van der Waals surface area contributed by atoms with Gasteiger partial charge in [-0.15, -0.1) is 0 Å². The van der Waals surface area contributed by atoms with Crippen molar-refractivity contribution in [1.29, 1.82) is 0 Å². The summed E-state index contributed by atoms with van der Waals surface area (Å²) < 4.78 is 0.914. The van der Waals surface area contributed by atoms with Gasteiger partial charge in [0.15, 0.2) is 0 Å². The number of hydrazone groups is 1. The van der Waals surface area contributed by atoms with Crippen molar-refractivity contribution in [3.8, 4) is 0 Å². The average Bonchev–Trinajstić information content (AvgIpc) is 2.82. The molecule has 3 rings (SSSR count). The van der Waals surface area contributed by atoms with Gasteiger partial charge < -0.3 is 5.32 Å². The van der Waals surface area contributed by atoms with Crippen LogP contribution in [0.4, 0.5) is 0 Å². The molecule has 5 nitrogen and oxygen atoms in total. The molecule has 0 aliphatic heterocycles. The predicted octanol–water partition coefficient (Wildman–Crippen LogP) is 5.32. The summed E-state index contributed by atoms with van der Waals surface area (Å²) in [4.78, 5) is 25.4. The van der Waals surface area contributed by atoms with E-state index in [1.807, 2.05) is 66.7 Å². The van der Waals surface area contributed by atoms with E-state index >= 15 is 0 Å². The Hall–Kier alpha value is -3.77. The van der Waals surface area contributed by atoms with Crippen LogP contribution in [0.3, 0.4) is 0 Å². The Morgan fingerprint density at radius 1 is 0.875 bits per heavy atom. The largest absolute Gasteiger partial charge is 0.317 e. The number of halogens is 1. The first-order chi connectivity index (χ1) is 15.5. The normalized spacial score (nSPS) is 11.9. The highest BCUT2D eigenvalue weighted by molar-refractivity contribution is 9.10. The highest BCUT2D eigenvalue weighted by Crippen LogP contribution is 2.12. The molecule has 160 valence electrons. The van der Waals surface area contributed by atoms with Crippen LogP contribution in [-0.4, -0.2) is 17.5 Å². The van der Waals surface area contributed by atoms with Crippen molar-refractivity contribution in [2.75, 3.05) is 0 Å². The molecule has 0 fully saturated rings. The number of carbonyl (C=O) groups is 2. The Morgan fingerprint density at radius 3 is 2.22 bits per heavy atom. The molecule has 2 N–H and O–H groups in total. The molecule has 0 bridgehead atoms. The van der Waals surface area contributed by atoms with Crippen molar-refractivity contribution in [1.82, 2.24) is 10.7 Å². The molecule has 0 radical (unpaired) electrons. The van der Waals surface area contributed by atoms with E-state index in [-0.39, 0.29) is 11.6 Å². The lowest BCUT2D eigenvalue weighted by molar-refractivity contribution is -0.117. The fraction of sp³-hybridized carbons (Fsp3) is 0.0385. The highest BCUT2D eigenvalue weighted by Gasteiger charge is 2.13. The lowest BCUT2D eigenvalue weighted by Crippen LogP contribution is -2.33. The lowest BCUT2D eigenvalue weighted by atomic mass is 10.1. The van der Waals surface area contributed by atoms with Crippen LogP contribution in [-0.2, 0) is 4.79 Å². The van der Waals surface area contributed by atoms with Crippen molar-refractivity contribution in [3.05, 3.63) is 124 Å². The Kier molecular flexibility index (Phi) is 8.29. The van der Waals surface area contributed by atoms with Gasteiger partial charge in [0, 0.05) is 10.0 Å². The predicted molar refractivity (Wildman–Crippen MR) is 132 cm³/mol. The Morgan fingerprint density at radius 2 is 1.53 bits per heavy atom. The summed E-state index contributed by atoms with van der Waals surface area (Å²) in [7, 11) is 0. The first-order valence-electron chi connectivity index (χ1n) is 9.93. The maximum atomic E-state index is 12.8. The zero-order valence-electron chi connectivity index (χ0n) is 17.5. The highest BCUT2D eigenvalue weighted by atomic mass is 79.9. The van der Waals surface area contributed by atoms with E-state index in [9.17, 15) is 9.59 Å². The SMILES string of the molecule is C/C(=N\NC(=O)/C(=C/C=C/c1ccccc1)NC(=O)c1ccccc1)c1cccc(Br)c1. The Balaban J connectivity index is 1.79. The minimum absolute atomic E-state index is 0.0804. The number of hydrogen-bond donors (Lipinski definition) is 2. The Labute approximate surface area is 195 Å². The monoisotopic (exact) mass is 487 g/mol. The number of benzene rings is 3. The van der Waals surface area contributed by atoms with E-state index in [0.29, 0.717) is 11.3 Å². The second-order valence-corrected chi connectivity index (χ2v) is 7.73. The van der Waals surface area contributed by atoms with Crippen LogP contribution < -0.4 is 10.7 Å². The van der Waals surface area contributed by atoms with Crippen LogP contribution in [0.5, 0.6) is 0 Å². The molecule has 2 amide bonds. The van der Waals surface area contributed by atoms with Crippen molar-refractivity contribution < 1.29 is 9.59 Å². The summed E-state index contributed by atoms with van der Waals surface area (Å²) in [5.74, 6) is -0.908. The second-order valence-electron chi connectivity index (χ2n) is 6.82. The number of amides is 2. The summed E-state index contributed by atoms with van der Waals surface area (Å²) in [6, 6.07) is 26.0. The number of nitrogens with zero attached hydrogens (tertiary/aromatic N) is 1. The molecule has 32 heavy (non-hydrogen) atoms. The van der Waals surface area contributed by atoms with Gasteiger partial charge in [-0.2, -0.15) is 5.10 Å². The molecule has 0 aromatic heterocycles. The molecule has 0 heterocycles. The van der Waals surface area contributed by atoms with Gasteiger partial charge in [0.2, 0.25) is 0 Å². The molecule has 0 saturated carbocycles. The average molecular weight is 488 g/mol. The quantitative estimate of drug-likeness (QED) is 0.205. The molecule has 3 aromatic carbocycles. The maximum absolute atomic E-state index is 12.8. The molecule has 0 aliphatic rings. The lowest BCUT2D eigenvalue weighted by Gasteiger charge is -2.09. The van der Waals surface area contributed by atoms with Gasteiger partial charge in [-0.1, -0.05) is 88.7 Å². The van der Waals surface area contributed by atoms with Gasteiger partial charge in [-0.3, -0.25) is 9.59 Å². The summed E-state index contributed by atoms with van der Waals surface area (Å²) in [5.41, 5.74) is 5.52. The van der Waals surface area contributed by atoms with Gasteiger partial charge in [0.1, 0.15) is 5.70 Å². The molecule has 0 unspecified atom stereocenters. The first kappa shape index (κ1) is 22.9. The van der Waals surface area contributed by atoms with Crippen molar-refractivity contribution in [2.45, 2.75) is 6.92 Å². The van der Waals surface area contributed by atoms with E-state index in [1.165, 1.54) is 0 Å². The third-order valence-corrected chi connectivity index (χ3v) is 4.94. The number of rotatable bonds is 7. The summed E-state index contributed by atoms with van der Waals surface area (Å²) in [6.45, 7) is 1.79. The van der Waals surface area contributed by atoms with Crippen LogP contribution in [0, 0.1) is 0 Å². The standard InChI is InChI=1S/C26H22BrN3O2/c1-19(22-15-9-16-23(27)18-22)29-30-26(32)24(17-8-12-20-10-4-2-5-11-20)28-25(31)21-13-6-3-7-14-21/h2-18H,1H3,(H,28,31)(H,30,32)/b12-8+,24-17-,29-19+. The first-order valence-corrected chi connectivity index (χ1v) is 10.7. The van der Waals surface area contributed by atoms with Gasteiger partial charge in [-0.05, 0) is 48.4 Å². The zero-order valence-corrected chi connectivity index (χ0v) is 19.0. The van der Waals surface area contributed by atoms with E-state index in [2.05, 4.69) is 31.8 Å². The van der Waals surface area contributed by atoms with Crippen LogP contribution in [0.2, 0.25) is 0 Å². The van der Waals surface area contributed by atoms with E-state index in [4.69, 9.17) is 0 Å². The van der Waals surface area contributed by atoms with Crippen molar-refractivity contribution >= 4 is 39.5 Å². The summed E-state index contributed by atoms with van der Waals surface area (Å²) in [6.07, 6.45) is 5.10. The van der Waals surface area contributed by atoms with Gasteiger partial charge >= 0.3 is 0 Å². The van der Waals surface area contributed by atoms with Crippen LogP contribution in [0.25, 0.3) is 6.08 Å². The van der Waals surface area contributed by atoms with E-state index in [0.717, 1.165) is 15.6 Å². The van der Waals surface area contributed by atoms with Gasteiger partial charge in [0.05, 0.1) is 5.71 Å². The molecule has 0 atom stereocenters.